The third-order valence-electron chi connectivity index (χ3n) is 3.29. The van der Waals surface area contributed by atoms with Crippen LogP contribution >= 0.6 is 11.6 Å². The molecule has 3 heteroatoms. The van der Waals surface area contributed by atoms with Crippen LogP contribution in [0.15, 0.2) is 24.3 Å². The molecule has 3 N–H and O–H groups in total. The van der Waals surface area contributed by atoms with Crippen LogP contribution < -0.4 is 11.3 Å². The fourth-order valence-corrected chi connectivity index (χ4v) is 2.75. The predicted octanol–water partition coefficient (Wildman–Crippen LogP) is 3.03. The van der Waals surface area contributed by atoms with Crippen LogP contribution in [-0.2, 0) is 0 Å². The minimum atomic E-state index is 0.209. The number of rotatable bonds is 3. The number of benzene rings is 1. The van der Waals surface area contributed by atoms with Crippen LogP contribution in [-0.4, -0.2) is 0 Å². The van der Waals surface area contributed by atoms with E-state index in [1.54, 1.807) is 0 Å². The molecule has 0 aliphatic heterocycles. The zero-order chi connectivity index (χ0) is 10.7. The van der Waals surface area contributed by atoms with Gasteiger partial charge in [0.2, 0.25) is 0 Å². The van der Waals surface area contributed by atoms with E-state index in [1.165, 1.54) is 25.7 Å². The molecule has 0 amide bonds. The first-order valence-corrected chi connectivity index (χ1v) is 5.91. The predicted molar refractivity (Wildman–Crippen MR) is 63.5 cm³/mol. The molecule has 1 aliphatic carbocycles. The van der Waals surface area contributed by atoms with Gasteiger partial charge >= 0.3 is 0 Å². The van der Waals surface area contributed by atoms with Crippen molar-refractivity contribution in [3.05, 3.63) is 34.9 Å². The molecule has 0 bridgehead atoms. The van der Waals surface area contributed by atoms with E-state index in [1.807, 2.05) is 18.2 Å². The first kappa shape index (κ1) is 10.9. The Morgan fingerprint density at radius 2 is 1.93 bits per heavy atom. The minimum Gasteiger partial charge on any atom is -0.271 e. The van der Waals surface area contributed by atoms with Crippen molar-refractivity contribution in [2.45, 2.75) is 31.7 Å². The van der Waals surface area contributed by atoms with Gasteiger partial charge in [-0.1, -0.05) is 42.6 Å². The first-order valence-electron chi connectivity index (χ1n) is 5.53. The lowest BCUT2D eigenvalue weighted by Gasteiger charge is -2.23. The fourth-order valence-electron chi connectivity index (χ4n) is 2.50. The number of hydrogen-bond donors (Lipinski definition) is 2. The van der Waals surface area contributed by atoms with E-state index in [0.717, 1.165) is 10.6 Å². The molecule has 0 spiro atoms. The highest BCUT2D eigenvalue weighted by Crippen LogP contribution is 2.37. The van der Waals surface area contributed by atoms with Gasteiger partial charge in [0.15, 0.2) is 0 Å². The van der Waals surface area contributed by atoms with Crippen molar-refractivity contribution in [1.82, 2.24) is 5.43 Å². The van der Waals surface area contributed by atoms with Gasteiger partial charge in [0.1, 0.15) is 0 Å². The van der Waals surface area contributed by atoms with Gasteiger partial charge in [-0.05, 0) is 30.4 Å². The standard InChI is InChI=1S/C12H17ClN2/c13-11-8-4-3-7-10(11)12(15-14)9-5-1-2-6-9/h3-4,7-9,12,15H,1-2,5-6,14H2. The Labute approximate surface area is 95.8 Å². The topological polar surface area (TPSA) is 38.0 Å². The Kier molecular flexibility index (Phi) is 3.62. The Bertz CT molecular complexity index is 321. The number of halogens is 1. The molecule has 1 atom stereocenters. The normalized spacial score (nSPS) is 19.3. The summed E-state index contributed by atoms with van der Waals surface area (Å²) in [6, 6.07) is 8.16. The molecule has 1 fully saturated rings. The monoisotopic (exact) mass is 224 g/mol. The van der Waals surface area contributed by atoms with Gasteiger partial charge in [0.25, 0.3) is 0 Å². The molecule has 1 aromatic carbocycles. The molecule has 15 heavy (non-hydrogen) atoms. The summed E-state index contributed by atoms with van der Waals surface area (Å²) in [5.41, 5.74) is 4.05. The molecule has 0 radical (unpaired) electrons. The summed E-state index contributed by atoms with van der Waals surface area (Å²) in [5, 5.41) is 0.812. The van der Waals surface area contributed by atoms with Gasteiger partial charge in [0, 0.05) is 5.02 Å². The maximum absolute atomic E-state index is 6.18. The molecule has 2 nitrogen and oxygen atoms in total. The van der Waals surface area contributed by atoms with Gasteiger partial charge in [-0.15, -0.1) is 0 Å². The highest BCUT2D eigenvalue weighted by Gasteiger charge is 2.26. The summed E-state index contributed by atoms with van der Waals surface area (Å²) < 4.78 is 0. The summed E-state index contributed by atoms with van der Waals surface area (Å²) in [6.07, 6.45) is 5.13. The number of nitrogens with two attached hydrogens (primary N) is 1. The molecule has 0 heterocycles. The Morgan fingerprint density at radius 1 is 1.27 bits per heavy atom. The van der Waals surface area contributed by atoms with Gasteiger partial charge < -0.3 is 0 Å². The zero-order valence-electron chi connectivity index (χ0n) is 8.75. The van der Waals surface area contributed by atoms with Gasteiger partial charge in [-0.25, -0.2) is 0 Å². The molecule has 2 rings (SSSR count). The van der Waals surface area contributed by atoms with E-state index in [-0.39, 0.29) is 6.04 Å². The second-order valence-electron chi connectivity index (χ2n) is 4.21. The van der Waals surface area contributed by atoms with Crippen LogP contribution in [0, 0.1) is 5.92 Å². The molecular weight excluding hydrogens is 208 g/mol. The van der Waals surface area contributed by atoms with Crippen LogP contribution in [0.2, 0.25) is 5.02 Å². The summed E-state index contributed by atoms with van der Waals surface area (Å²) in [4.78, 5) is 0. The molecule has 1 aliphatic rings. The van der Waals surface area contributed by atoms with Crippen molar-refractivity contribution in [2.75, 3.05) is 0 Å². The van der Waals surface area contributed by atoms with Crippen molar-refractivity contribution < 1.29 is 0 Å². The van der Waals surface area contributed by atoms with Crippen molar-refractivity contribution in [1.29, 1.82) is 0 Å². The third kappa shape index (κ3) is 2.33. The molecule has 82 valence electrons. The van der Waals surface area contributed by atoms with Crippen molar-refractivity contribution >= 4 is 11.6 Å². The maximum Gasteiger partial charge on any atom is 0.0502 e. The molecule has 1 saturated carbocycles. The first-order chi connectivity index (χ1) is 7.33. The van der Waals surface area contributed by atoms with Crippen LogP contribution in [0.25, 0.3) is 0 Å². The highest BCUT2D eigenvalue weighted by atomic mass is 35.5. The van der Waals surface area contributed by atoms with Crippen LogP contribution in [0.4, 0.5) is 0 Å². The van der Waals surface area contributed by atoms with Gasteiger partial charge in [-0.3, -0.25) is 11.3 Å². The van der Waals surface area contributed by atoms with Crippen molar-refractivity contribution in [2.24, 2.45) is 11.8 Å². The van der Waals surface area contributed by atoms with Gasteiger partial charge in [0.05, 0.1) is 6.04 Å². The Hall–Kier alpha value is -0.570. The van der Waals surface area contributed by atoms with E-state index in [2.05, 4.69) is 11.5 Å². The van der Waals surface area contributed by atoms with E-state index < -0.39 is 0 Å². The maximum atomic E-state index is 6.18. The lowest BCUT2D eigenvalue weighted by molar-refractivity contribution is 0.373. The number of hydrazine groups is 1. The van der Waals surface area contributed by atoms with Crippen LogP contribution in [0.5, 0.6) is 0 Å². The SMILES string of the molecule is NNC(c1ccccc1Cl)C1CCCC1. The smallest absolute Gasteiger partial charge is 0.0502 e. The summed E-state index contributed by atoms with van der Waals surface area (Å²) in [7, 11) is 0. The average Bonchev–Trinajstić information content (AvgIpc) is 2.75. The van der Waals surface area contributed by atoms with E-state index in [0.29, 0.717) is 5.92 Å². The highest BCUT2D eigenvalue weighted by molar-refractivity contribution is 6.31. The fraction of sp³-hybridized carbons (Fsp3) is 0.500. The molecule has 1 unspecified atom stereocenters. The molecule has 0 saturated heterocycles. The zero-order valence-corrected chi connectivity index (χ0v) is 9.50. The second kappa shape index (κ2) is 4.97. The van der Waals surface area contributed by atoms with Crippen LogP contribution in [0.1, 0.15) is 37.3 Å². The third-order valence-corrected chi connectivity index (χ3v) is 3.64. The number of nitrogens with one attached hydrogen (secondary N) is 1. The molecule has 0 aromatic heterocycles. The second-order valence-corrected chi connectivity index (χ2v) is 4.62. The van der Waals surface area contributed by atoms with E-state index in [4.69, 9.17) is 17.4 Å². The summed E-state index contributed by atoms with van der Waals surface area (Å²) in [5.74, 6) is 6.28. The molecular formula is C12H17ClN2. The van der Waals surface area contributed by atoms with Crippen molar-refractivity contribution in [3.8, 4) is 0 Å². The average molecular weight is 225 g/mol. The number of hydrogen-bond acceptors (Lipinski definition) is 2. The minimum absolute atomic E-state index is 0.209. The van der Waals surface area contributed by atoms with E-state index in [9.17, 15) is 0 Å². The van der Waals surface area contributed by atoms with Crippen LogP contribution in [0.3, 0.4) is 0 Å². The lowest BCUT2D eigenvalue weighted by Crippen LogP contribution is -2.32. The van der Waals surface area contributed by atoms with Crippen molar-refractivity contribution in [3.63, 3.8) is 0 Å². The molecule has 1 aromatic rings. The quantitative estimate of drug-likeness (QED) is 0.612. The lowest BCUT2D eigenvalue weighted by atomic mass is 9.92. The summed E-state index contributed by atoms with van der Waals surface area (Å²) >= 11 is 6.18. The van der Waals surface area contributed by atoms with E-state index >= 15 is 0 Å². The Morgan fingerprint density at radius 3 is 2.53 bits per heavy atom. The van der Waals surface area contributed by atoms with Gasteiger partial charge in [-0.2, -0.15) is 0 Å². The summed E-state index contributed by atoms with van der Waals surface area (Å²) in [6.45, 7) is 0. The largest absolute Gasteiger partial charge is 0.271 e. The Balaban J connectivity index is 2.22.